The highest BCUT2D eigenvalue weighted by Crippen LogP contribution is 2.32. The molecule has 2 aromatic rings. The maximum atomic E-state index is 11.7. The van der Waals surface area contributed by atoms with Gasteiger partial charge in [0.15, 0.2) is 6.29 Å². The Kier molecular flexibility index (Phi) is 4.90. The van der Waals surface area contributed by atoms with Crippen LogP contribution in [-0.2, 0) is 20.8 Å². The van der Waals surface area contributed by atoms with Gasteiger partial charge < -0.3 is 18.9 Å². The fraction of sp³-hybridized carbons (Fsp3) is 0.278. The van der Waals surface area contributed by atoms with E-state index in [0.717, 1.165) is 5.56 Å². The van der Waals surface area contributed by atoms with Crippen LogP contribution >= 0.6 is 0 Å². The molecule has 0 atom stereocenters. The Balaban J connectivity index is 1.84. The van der Waals surface area contributed by atoms with Gasteiger partial charge in [0.2, 0.25) is 0 Å². The normalized spacial score (nSPS) is 14.7. The van der Waals surface area contributed by atoms with Gasteiger partial charge in [0.1, 0.15) is 12.4 Å². The first-order valence-electron chi connectivity index (χ1n) is 7.40. The van der Waals surface area contributed by atoms with E-state index in [1.807, 2.05) is 30.3 Å². The minimum Gasteiger partial charge on any atom is -0.488 e. The second kappa shape index (κ2) is 7.26. The Morgan fingerprint density at radius 3 is 2.57 bits per heavy atom. The molecule has 1 fully saturated rings. The van der Waals surface area contributed by atoms with Gasteiger partial charge >= 0.3 is 5.97 Å². The predicted molar refractivity (Wildman–Crippen MR) is 83.2 cm³/mol. The lowest BCUT2D eigenvalue weighted by molar-refractivity contribution is -0.0459. The molecular formula is C18H18O5. The van der Waals surface area contributed by atoms with Gasteiger partial charge in [-0.05, 0) is 23.8 Å². The van der Waals surface area contributed by atoms with E-state index in [1.54, 1.807) is 18.2 Å². The summed E-state index contributed by atoms with van der Waals surface area (Å²) < 4.78 is 21.7. The SMILES string of the molecule is COC(=O)c1ccc(OCc2ccccc2)c(C2OCCO2)c1. The second-order valence-electron chi connectivity index (χ2n) is 5.09. The maximum Gasteiger partial charge on any atom is 0.337 e. The van der Waals surface area contributed by atoms with Gasteiger partial charge in [0.25, 0.3) is 0 Å². The molecule has 2 aromatic carbocycles. The van der Waals surface area contributed by atoms with Gasteiger partial charge in [-0.1, -0.05) is 30.3 Å². The molecule has 0 saturated carbocycles. The molecule has 0 bridgehead atoms. The van der Waals surface area contributed by atoms with Gasteiger partial charge in [0.05, 0.1) is 31.5 Å². The van der Waals surface area contributed by atoms with Crippen molar-refractivity contribution in [2.75, 3.05) is 20.3 Å². The van der Waals surface area contributed by atoms with Crippen LogP contribution in [0, 0.1) is 0 Å². The van der Waals surface area contributed by atoms with E-state index in [-0.39, 0.29) is 0 Å². The van der Waals surface area contributed by atoms with E-state index in [2.05, 4.69) is 0 Å². The van der Waals surface area contributed by atoms with Crippen LogP contribution in [0.2, 0.25) is 0 Å². The first-order valence-corrected chi connectivity index (χ1v) is 7.40. The zero-order valence-electron chi connectivity index (χ0n) is 12.9. The fourth-order valence-corrected chi connectivity index (χ4v) is 2.38. The lowest BCUT2D eigenvalue weighted by atomic mass is 10.1. The van der Waals surface area contributed by atoms with Crippen LogP contribution in [0.15, 0.2) is 48.5 Å². The van der Waals surface area contributed by atoms with Crippen molar-refractivity contribution in [3.05, 3.63) is 65.2 Å². The first-order chi connectivity index (χ1) is 11.3. The van der Waals surface area contributed by atoms with E-state index in [9.17, 15) is 4.79 Å². The highest BCUT2D eigenvalue weighted by Gasteiger charge is 2.24. The molecule has 0 spiro atoms. The Bertz CT molecular complexity index is 662. The standard InChI is InChI=1S/C18H18O5/c1-20-17(19)14-7-8-16(15(11-14)18-21-9-10-22-18)23-12-13-5-3-2-4-6-13/h2-8,11,18H,9-10,12H2,1H3. The average Bonchev–Trinajstić information content (AvgIpc) is 3.14. The molecule has 1 heterocycles. The topological polar surface area (TPSA) is 54.0 Å². The number of benzene rings is 2. The first kappa shape index (κ1) is 15.5. The molecule has 0 aliphatic carbocycles. The Morgan fingerprint density at radius 1 is 1.13 bits per heavy atom. The van der Waals surface area contributed by atoms with Crippen LogP contribution in [0.3, 0.4) is 0 Å². The number of rotatable bonds is 5. The molecule has 0 amide bonds. The number of carbonyl (C=O) groups excluding carboxylic acids is 1. The summed E-state index contributed by atoms with van der Waals surface area (Å²) in [4.78, 5) is 11.7. The molecule has 0 radical (unpaired) electrons. The lowest BCUT2D eigenvalue weighted by Gasteiger charge is -2.16. The Labute approximate surface area is 134 Å². The number of methoxy groups -OCH3 is 1. The van der Waals surface area contributed by atoms with Gasteiger partial charge in [-0.2, -0.15) is 0 Å². The van der Waals surface area contributed by atoms with Crippen LogP contribution in [0.25, 0.3) is 0 Å². The zero-order valence-corrected chi connectivity index (χ0v) is 12.9. The van der Waals surface area contributed by atoms with Crippen molar-refractivity contribution in [2.24, 2.45) is 0 Å². The van der Waals surface area contributed by atoms with Crippen molar-refractivity contribution in [1.82, 2.24) is 0 Å². The summed E-state index contributed by atoms with van der Waals surface area (Å²) in [5.41, 5.74) is 2.19. The summed E-state index contributed by atoms with van der Waals surface area (Å²) in [5.74, 6) is 0.229. The summed E-state index contributed by atoms with van der Waals surface area (Å²) in [6.45, 7) is 1.47. The highest BCUT2D eigenvalue weighted by atomic mass is 16.7. The van der Waals surface area contributed by atoms with Crippen molar-refractivity contribution in [3.8, 4) is 5.75 Å². The molecule has 0 unspecified atom stereocenters. The number of esters is 1. The van der Waals surface area contributed by atoms with E-state index in [0.29, 0.717) is 36.7 Å². The summed E-state index contributed by atoms with van der Waals surface area (Å²) in [7, 11) is 1.35. The molecule has 5 heteroatoms. The van der Waals surface area contributed by atoms with Crippen molar-refractivity contribution >= 4 is 5.97 Å². The largest absolute Gasteiger partial charge is 0.488 e. The highest BCUT2D eigenvalue weighted by molar-refractivity contribution is 5.89. The van der Waals surface area contributed by atoms with Gasteiger partial charge in [-0.15, -0.1) is 0 Å². The van der Waals surface area contributed by atoms with E-state index < -0.39 is 12.3 Å². The molecule has 1 aliphatic rings. The smallest absolute Gasteiger partial charge is 0.337 e. The molecule has 1 aliphatic heterocycles. The van der Waals surface area contributed by atoms with Crippen molar-refractivity contribution in [2.45, 2.75) is 12.9 Å². The second-order valence-corrected chi connectivity index (χ2v) is 5.09. The van der Waals surface area contributed by atoms with Crippen LogP contribution in [0.4, 0.5) is 0 Å². The third kappa shape index (κ3) is 3.70. The Hall–Kier alpha value is -2.37. The number of hydrogen-bond acceptors (Lipinski definition) is 5. The third-order valence-electron chi connectivity index (χ3n) is 3.54. The zero-order chi connectivity index (χ0) is 16.1. The maximum absolute atomic E-state index is 11.7. The molecule has 3 rings (SSSR count). The third-order valence-corrected chi connectivity index (χ3v) is 3.54. The van der Waals surface area contributed by atoms with Gasteiger partial charge in [-0.25, -0.2) is 4.79 Å². The van der Waals surface area contributed by atoms with Crippen molar-refractivity contribution in [1.29, 1.82) is 0 Å². The van der Waals surface area contributed by atoms with Crippen LogP contribution in [0.1, 0.15) is 27.8 Å². The number of ether oxygens (including phenoxy) is 4. The fourth-order valence-electron chi connectivity index (χ4n) is 2.38. The summed E-state index contributed by atoms with van der Waals surface area (Å²) in [5, 5.41) is 0. The summed E-state index contributed by atoms with van der Waals surface area (Å²) in [6.07, 6.45) is -0.523. The van der Waals surface area contributed by atoms with Gasteiger partial charge in [0, 0.05) is 0 Å². The van der Waals surface area contributed by atoms with Crippen molar-refractivity contribution in [3.63, 3.8) is 0 Å². The average molecular weight is 314 g/mol. The van der Waals surface area contributed by atoms with E-state index in [4.69, 9.17) is 18.9 Å². The summed E-state index contributed by atoms with van der Waals surface area (Å²) >= 11 is 0. The molecule has 120 valence electrons. The number of carbonyl (C=O) groups is 1. The van der Waals surface area contributed by atoms with Gasteiger partial charge in [-0.3, -0.25) is 0 Å². The van der Waals surface area contributed by atoms with E-state index in [1.165, 1.54) is 7.11 Å². The predicted octanol–water partition coefficient (Wildman–Crippen LogP) is 3.10. The van der Waals surface area contributed by atoms with Crippen LogP contribution in [0.5, 0.6) is 5.75 Å². The molecule has 0 aromatic heterocycles. The molecular weight excluding hydrogens is 296 g/mol. The Morgan fingerprint density at radius 2 is 1.87 bits per heavy atom. The lowest BCUT2D eigenvalue weighted by Crippen LogP contribution is -2.08. The van der Waals surface area contributed by atoms with Crippen LogP contribution in [-0.4, -0.2) is 26.3 Å². The number of hydrogen-bond donors (Lipinski definition) is 0. The quantitative estimate of drug-likeness (QED) is 0.794. The molecule has 23 heavy (non-hydrogen) atoms. The minimum absolute atomic E-state index is 0.404. The van der Waals surface area contributed by atoms with Crippen LogP contribution < -0.4 is 4.74 Å². The van der Waals surface area contributed by atoms with Crippen molar-refractivity contribution < 1.29 is 23.7 Å². The monoisotopic (exact) mass is 314 g/mol. The summed E-state index contributed by atoms with van der Waals surface area (Å²) in [6, 6.07) is 15.0. The minimum atomic E-state index is -0.523. The molecule has 0 N–H and O–H groups in total. The molecule has 1 saturated heterocycles. The van der Waals surface area contributed by atoms with E-state index >= 15 is 0 Å². The molecule has 5 nitrogen and oxygen atoms in total.